The van der Waals surface area contributed by atoms with E-state index in [2.05, 4.69) is 44.2 Å². The number of hydrogen-bond acceptors (Lipinski definition) is 4. The first-order valence-electron chi connectivity index (χ1n) is 9.41. The highest BCUT2D eigenvalue weighted by atomic mass is 32.1. The number of nitrogens with one attached hydrogen (secondary N) is 3. The summed E-state index contributed by atoms with van der Waals surface area (Å²) in [5.74, 6) is 0.625. The maximum atomic E-state index is 12.0. The van der Waals surface area contributed by atoms with Gasteiger partial charge in [0, 0.05) is 42.6 Å². The van der Waals surface area contributed by atoms with E-state index in [1.807, 2.05) is 39.0 Å². The van der Waals surface area contributed by atoms with Crippen molar-refractivity contribution in [3.8, 4) is 0 Å². The largest absolute Gasteiger partial charge is 0.357 e. The predicted molar refractivity (Wildman–Crippen MR) is 110 cm³/mol. The molecule has 1 aromatic heterocycles. The molecule has 0 aromatic carbocycles. The first-order chi connectivity index (χ1) is 12.3. The van der Waals surface area contributed by atoms with Crippen molar-refractivity contribution in [3.63, 3.8) is 0 Å². The molecule has 146 valence electrons. The molecular weight excluding hydrogens is 346 g/mol. The standard InChI is InChI=1S/C19H33N5OS/c1-6-20-18(22-12-17(25)23-19(3,4)5)21-11-14(2)24-9-7-16-15(13-24)8-10-26-16/h8,10,14H,6-7,9,11-13H2,1-5H3,(H,23,25)(H2,20,21,22). The van der Waals surface area contributed by atoms with Gasteiger partial charge in [0.05, 0.1) is 0 Å². The van der Waals surface area contributed by atoms with E-state index in [0.29, 0.717) is 12.0 Å². The van der Waals surface area contributed by atoms with Crippen LogP contribution in [0.4, 0.5) is 0 Å². The monoisotopic (exact) mass is 379 g/mol. The van der Waals surface area contributed by atoms with Gasteiger partial charge in [-0.3, -0.25) is 9.69 Å². The number of nitrogens with zero attached hydrogens (tertiary/aromatic N) is 2. The second-order valence-electron chi connectivity index (χ2n) is 7.81. The fraction of sp³-hybridized carbons (Fsp3) is 0.684. The summed E-state index contributed by atoms with van der Waals surface area (Å²) >= 11 is 1.87. The molecule has 2 heterocycles. The first-order valence-corrected chi connectivity index (χ1v) is 10.3. The summed E-state index contributed by atoms with van der Waals surface area (Å²) < 4.78 is 0. The minimum Gasteiger partial charge on any atom is -0.357 e. The van der Waals surface area contributed by atoms with Crippen LogP contribution in [0, 0.1) is 0 Å². The van der Waals surface area contributed by atoms with Gasteiger partial charge in [0.25, 0.3) is 0 Å². The lowest BCUT2D eigenvalue weighted by Crippen LogP contribution is -2.47. The summed E-state index contributed by atoms with van der Waals surface area (Å²) in [5.41, 5.74) is 1.23. The molecule has 7 heteroatoms. The molecule has 0 aliphatic carbocycles. The number of hydrogen-bond donors (Lipinski definition) is 3. The van der Waals surface area contributed by atoms with E-state index in [9.17, 15) is 4.79 Å². The lowest BCUT2D eigenvalue weighted by molar-refractivity contribution is -0.121. The van der Waals surface area contributed by atoms with Crippen molar-refractivity contribution in [2.45, 2.75) is 59.2 Å². The molecule has 0 spiro atoms. The zero-order valence-electron chi connectivity index (χ0n) is 16.7. The van der Waals surface area contributed by atoms with Crippen LogP contribution in [0.1, 0.15) is 45.1 Å². The summed E-state index contributed by atoms with van der Waals surface area (Å²) in [6, 6.07) is 2.64. The molecule has 1 aromatic rings. The average molecular weight is 380 g/mol. The lowest BCUT2D eigenvalue weighted by atomic mass is 10.1. The van der Waals surface area contributed by atoms with Crippen molar-refractivity contribution >= 4 is 23.2 Å². The van der Waals surface area contributed by atoms with Gasteiger partial charge in [0.15, 0.2) is 5.96 Å². The van der Waals surface area contributed by atoms with Crippen LogP contribution in [0.25, 0.3) is 0 Å². The molecule has 0 radical (unpaired) electrons. The molecule has 6 nitrogen and oxygen atoms in total. The normalized spacial score (nSPS) is 16.7. The summed E-state index contributed by atoms with van der Waals surface area (Å²) in [4.78, 5) is 20.4. The maximum Gasteiger partial charge on any atom is 0.242 e. The van der Waals surface area contributed by atoms with Gasteiger partial charge in [-0.25, -0.2) is 4.99 Å². The van der Waals surface area contributed by atoms with Gasteiger partial charge in [-0.05, 0) is 58.0 Å². The van der Waals surface area contributed by atoms with Crippen molar-refractivity contribution in [3.05, 3.63) is 21.9 Å². The van der Waals surface area contributed by atoms with E-state index in [0.717, 1.165) is 32.6 Å². The Kier molecular flexibility index (Phi) is 7.46. The third-order valence-corrected chi connectivity index (χ3v) is 5.29. The lowest BCUT2D eigenvalue weighted by Gasteiger charge is -2.32. The van der Waals surface area contributed by atoms with Crippen LogP contribution >= 0.6 is 11.3 Å². The zero-order valence-corrected chi connectivity index (χ0v) is 17.5. The minimum absolute atomic E-state index is 0.0660. The van der Waals surface area contributed by atoms with Gasteiger partial charge in [-0.1, -0.05) is 0 Å². The molecule has 0 saturated carbocycles. The third kappa shape index (κ3) is 6.61. The van der Waals surface area contributed by atoms with E-state index in [-0.39, 0.29) is 18.0 Å². The highest BCUT2D eigenvalue weighted by Gasteiger charge is 2.21. The number of carbonyl (C=O) groups excluding carboxylic acids is 1. The topological polar surface area (TPSA) is 68.8 Å². The first kappa shape index (κ1) is 20.7. The number of guanidine groups is 1. The maximum absolute atomic E-state index is 12.0. The van der Waals surface area contributed by atoms with Crippen LogP contribution in [0.15, 0.2) is 16.4 Å². The number of aliphatic imine (C=N–C) groups is 1. The van der Waals surface area contributed by atoms with Crippen molar-refractivity contribution in [2.24, 2.45) is 4.99 Å². The van der Waals surface area contributed by atoms with Crippen molar-refractivity contribution in [1.29, 1.82) is 0 Å². The Bertz CT molecular complexity index is 620. The van der Waals surface area contributed by atoms with E-state index in [1.165, 1.54) is 10.4 Å². The van der Waals surface area contributed by atoms with Gasteiger partial charge in [-0.2, -0.15) is 0 Å². The minimum atomic E-state index is -0.234. The molecule has 1 atom stereocenters. The van der Waals surface area contributed by atoms with E-state index < -0.39 is 0 Å². The quantitative estimate of drug-likeness (QED) is 0.522. The number of fused-ring (bicyclic) bond motifs is 1. The Morgan fingerprint density at radius 3 is 2.85 bits per heavy atom. The molecule has 0 fully saturated rings. The summed E-state index contributed by atoms with van der Waals surface area (Å²) in [7, 11) is 0. The highest BCUT2D eigenvalue weighted by Crippen LogP contribution is 2.24. The second-order valence-corrected chi connectivity index (χ2v) is 8.81. The Hall–Kier alpha value is -1.60. The van der Waals surface area contributed by atoms with Gasteiger partial charge >= 0.3 is 0 Å². The Morgan fingerprint density at radius 2 is 2.15 bits per heavy atom. The van der Waals surface area contributed by atoms with Crippen LogP contribution in [-0.4, -0.2) is 54.5 Å². The molecule has 3 N–H and O–H groups in total. The summed E-state index contributed by atoms with van der Waals surface area (Å²) in [6.45, 7) is 14.0. The SMILES string of the molecule is CCNC(=NCC(=O)NC(C)(C)C)NCC(C)N1CCc2sccc2C1. The van der Waals surface area contributed by atoms with Crippen molar-refractivity contribution < 1.29 is 4.79 Å². The molecule has 1 amide bonds. The van der Waals surface area contributed by atoms with Crippen LogP contribution in [0.3, 0.4) is 0 Å². The number of carbonyl (C=O) groups is 1. The molecule has 1 aliphatic heterocycles. The van der Waals surface area contributed by atoms with Gasteiger partial charge in [0.2, 0.25) is 5.91 Å². The predicted octanol–water partition coefficient (Wildman–Crippen LogP) is 1.96. The number of rotatable bonds is 6. The molecular formula is C19H33N5OS. The van der Waals surface area contributed by atoms with Crippen LogP contribution < -0.4 is 16.0 Å². The smallest absolute Gasteiger partial charge is 0.242 e. The molecule has 2 rings (SSSR count). The van der Waals surface area contributed by atoms with Gasteiger partial charge < -0.3 is 16.0 Å². The van der Waals surface area contributed by atoms with Crippen LogP contribution in [0.2, 0.25) is 0 Å². The Labute approximate surface area is 161 Å². The molecule has 1 aliphatic rings. The second kappa shape index (κ2) is 9.37. The Morgan fingerprint density at radius 1 is 1.38 bits per heavy atom. The fourth-order valence-electron chi connectivity index (χ4n) is 2.97. The highest BCUT2D eigenvalue weighted by molar-refractivity contribution is 7.10. The molecule has 0 saturated heterocycles. The average Bonchev–Trinajstić information content (AvgIpc) is 3.03. The van der Waals surface area contributed by atoms with E-state index in [4.69, 9.17) is 0 Å². The van der Waals surface area contributed by atoms with Crippen LogP contribution in [-0.2, 0) is 17.8 Å². The number of amides is 1. The molecule has 26 heavy (non-hydrogen) atoms. The fourth-order valence-corrected chi connectivity index (χ4v) is 3.86. The van der Waals surface area contributed by atoms with Gasteiger partial charge in [-0.15, -0.1) is 11.3 Å². The molecule has 0 bridgehead atoms. The zero-order chi connectivity index (χ0) is 19.2. The Balaban J connectivity index is 1.83. The van der Waals surface area contributed by atoms with E-state index in [1.54, 1.807) is 0 Å². The van der Waals surface area contributed by atoms with Crippen LogP contribution in [0.5, 0.6) is 0 Å². The third-order valence-electron chi connectivity index (χ3n) is 4.26. The molecule has 1 unspecified atom stereocenters. The van der Waals surface area contributed by atoms with E-state index >= 15 is 0 Å². The number of thiophene rings is 1. The van der Waals surface area contributed by atoms with Crippen molar-refractivity contribution in [1.82, 2.24) is 20.9 Å². The van der Waals surface area contributed by atoms with Crippen molar-refractivity contribution in [2.75, 3.05) is 26.2 Å². The summed E-state index contributed by atoms with van der Waals surface area (Å²) in [6.07, 6.45) is 1.14. The van der Waals surface area contributed by atoms with Gasteiger partial charge in [0.1, 0.15) is 6.54 Å². The summed E-state index contributed by atoms with van der Waals surface area (Å²) in [5, 5.41) is 11.7.